The van der Waals surface area contributed by atoms with Gasteiger partial charge in [0.2, 0.25) is 10.0 Å². The van der Waals surface area contributed by atoms with Crippen molar-refractivity contribution in [3.63, 3.8) is 0 Å². The molecule has 1 rings (SSSR count). The lowest BCUT2D eigenvalue weighted by atomic mass is 10.2. The fourth-order valence-electron chi connectivity index (χ4n) is 1.97. The van der Waals surface area contributed by atoms with Crippen LogP contribution in [-0.4, -0.2) is 55.2 Å². The lowest BCUT2D eigenvalue weighted by molar-refractivity contribution is 0.340. The molecule has 2 unspecified atom stereocenters. The molecule has 0 aromatic carbocycles. The standard InChI is InChI=1S/C11H24N2O2S2/c1-4-12-6-5-9-17(14,15)13-7-8-16-11(3)10(13)2/h10-12H,4-9H2,1-3H3. The zero-order valence-electron chi connectivity index (χ0n) is 11.0. The first-order chi connectivity index (χ1) is 7.99. The molecule has 0 bridgehead atoms. The van der Waals surface area contributed by atoms with Gasteiger partial charge in [-0.1, -0.05) is 13.8 Å². The van der Waals surface area contributed by atoms with Crippen molar-refractivity contribution in [3.05, 3.63) is 0 Å². The normalized spacial score (nSPS) is 27.2. The number of nitrogens with one attached hydrogen (secondary N) is 1. The molecule has 0 amide bonds. The van der Waals surface area contributed by atoms with E-state index in [1.165, 1.54) is 0 Å². The summed E-state index contributed by atoms with van der Waals surface area (Å²) < 4.78 is 26.1. The van der Waals surface area contributed by atoms with Crippen molar-refractivity contribution in [1.29, 1.82) is 0 Å². The van der Waals surface area contributed by atoms with Gasteiger partial charge in [0.1, 0.15) is 0 Å². The molecule has 1 aliphatic heterocycles. The van der Waals surface area contributed by atoms with Crippen LogP contribution in [0.5, 0.6) is 0 Å². The Kier molecular flexibility index (Phi) is 6.26. The molecule has 0 aliphatic carbocycles. The lowest BCUT2D eigenvalue weighted by Crippen LogP contribution is -2.48. The van der Waals surface area contributed by atoms with Gasteiger partial charge in [-0.05, 0) is 26.4 Å². The topological polar surface area (TPSA) is 49.4 Å². The van der Waals surface area contributed by atoms with E-state index in [4.69, 9.17) is 0 Å². The smallest absolute Gasteiger partial charge is 0.214 e. The first-order valence-corrected chi connectivity index (χ1v) is 8.96. The Bertz CT molecular complexity index is 319. The Hall–Kier alpha value is 0.220. The first kappa shape index (κ1) is 15.3. The quantitative estimate of drug-likeness (QED) is 0.741. The van der Waals surface area contributed by atoms with E-state index >= 15 is 0 Å². The molecule has 0 spiro atoms. The van der Waals surface area contributed by atoms with E-state index in [1.54, 1.807) is 4.31 Å². The van der Waals surface area contributed by atoms with Crippen molar-refractivity contribution in [2.75, 3.05) is 31.1 Å². The van der Waals surface area contributed by atoms with Crippen LogP contribution in [0.4, 0.5) is 0 Å². The van der Waals surface area contributed by atoms with E-state index in [0.717, 1.165) is 18.8 Å². The molecule has 1 heterocycles. The van der Waals surface area contributed by atoms with E-state index in [1.807, 2.05) is 25.6 Å². The number of hydrogen-bond donors (Lipinski definition) is 1. The van der Waals surface area contributed by atoms with Gasteiger partial charge in [-0.25, -0.2) is 8.42 Å². The van der Waals surface area contributed by atoms with Crippen molar-refractivity contribution in [2.45, 2.75) is 38.5 Å². The van der Waals surface area contributed by atoms with Crippen LogP contribution in [0.15, 0.2) is 0 Å². The predicted octanol–water partition coefficient (Wildman–Crippen LogP) is 1.14. The molecule has 102 valence electrons. The molecule has 2 atom stereocenters. The van der Waals surface area contributed by atoms with E-state index in [2.05, 4.69) is 12.2 Å². The zero-order valence-corrected chi connectivity index (χ0v) is 12.6. The number of hydrogen-bond acceptors (Lipinski definition) is 4. The van der Waals surface area contributed by atoms with Gasteiger partial charge in [-0.3, -0.25) is 0 Å². The largest absolute Gasteiger partial charge is 0.317 e. The molecule has 1 aliphatic rings. The van der Waals surface area contributed by atoms with Crippen molar-refractivity contribution >= 4 is 21.8 Å². The highest BCUT2D eigenvalue weighted by Crippen LogP contribution is 2.26. The predicted molar refractivity (Wildman–Crippen MR) is 75.0 cm³/mol. The average molecular weight is 280 g/mol. The van der Waals surface area contributed by atoms with Gasteiger partial charge in [0.05, 0.1) is 5.75 Å². The van der Waals surface area contributed by atoms with E-state index < -0.39 is 10.0 Å². The summed E-state index contributed by atoms with van der Waals surface area (Å²) in [5.41, 5.74) is 0. The fraction of sp³-hybridized carbons (Fsp3) is 1.00. The second kappa shape index (κ2) is 6.97. The van der Waals surface area contributed by atoms with Gasteiger partial charge < -0.3 is 5.32 Å². The Morgan fingerprint density at radius 2 is 2.12 bits per heavy atom. The van der Waals surface area contributed by atoms with Gasteiger partial charge in [0.25, 0.3) is 0 Å². The molecular weight excluding hydrogens is 256 g/mol. The number of rotatable bonds is 6. The van der Waals surface area contributed by atoms with Crippen LogP contribution in [-0.2, 0) is 10.0 Å². The SMILES string of the molecule is CCNCCCS(=O)(=O)N1CCSC(C)C1C. The summed E-state index contributed by atoms with van der Waals surface area (Å²) in [5, 5.41) is 3.55. The Morgan fingerprint density at radius 1 is 1.41 bits per heavy atom. The highest BCUT2D eigenvalue weighted by atomic mass is 32.2. The third-order valence-electron chi connectivity index (χ3n) is 3.19. The summed E-state index contributed by atoms with van der Waals surface area (Å²) in [6, 6.07) is 0.123. The monoisotopic (exact) mass is 280 g/mol. The van der Waals surface area contributed by atoms with Crippen LogP contribution in [0.25, 0.3) is 0 Å². The number of thioether (sulfide) groups is 1. The van der Waals surface area contributed by atoms with Gasteiger partial charge >= 0.3 is 0 Å². The van der Waals surface area contributed by atoms with Crippen molar-refractivity contribution in [1.82, 2.24) is 9.62 Å². The van der Waals surface area contributed by atoms with Crippen LogP contribution in [0, 0.1) is 0 Å². The molecule has 1 fully saturated rings. The highest BCUT2D eigenvalue weighted by molar-refractivity contribution is 8.00. The third kappa shape index (κ3) is 4.43. The van der Waals surface area contributed by atoms with Gasteiger partial charge in [0, 0.05) is 23.6 Å². The molecule has 4 nitrogen and oxygen atoms in total. The molecule has 17 heavy (non-hydrogen) atoms. The second-order valence-corrected chi connectivity index (χ2v) is 7.98. The Labute approximate surface area is 110 Å². The molecule has 1 N–H and O–H groups in total. The summed E-state index contributed by atoms with van der Waals surface area (Å²) in [7, 11) is -3.07. The minimum absolute atomic E-state index is 0.123. The number of sulfonamides is 1. The van der Waals surface area contributed by atoms with Gasteiger partial charge in [-0.15, -0.1) is 0 Å². The lowest BCUT2D eigenvalue weighted by Gasteiger charge is -2.36. The third-order valence-corrected chi connectivity index (χ3v) is 6.56. The fourth-order valence-corrected chi connectivity index (χ4v) is 5.07. The summed E-state index contributed by atoms with van der Waals surface area (Å²) in [6.45, 7) is 8.49. The van der Waals surface area contributed by atoms with E-state index in [-0.39, 0.29) is 11.8 Å². The molecule has 0 aromatic rings. The molecular formula is C11H24N2O2S2. The molecule has 0 saturated carbocycles. The van der Waals surface area contributed by atoms with Gasteiger partial charge in [0.15, 0.2) is 0 Å². The van der Waals surface area contributed by atoms with Crippen LogP contribution in [0.3, 0.4) is 0 Å². The average Bonchev–Trinajstić information content (AvgIpc) is 2.28. The summed E-state index contributed by atoms with van der Waals surface area (Å²) in [5.74, 6) is 1.18. The van der Waals surface area contributed by atoms with Crippen LogP contribution in [0.1, 0.15) is 27.2 Å². The first-order valence-electron chi connectivity index (χ1n) is 6.31. The molecule has 1 saturated heterocycles. The minimum Gasteiger partial charge on any atom is -0.317 e. The molecule has 0 radical (unpaired) electrons. The maximum absolute atomic E-state index is 12.2. The van der Waals surface area contributed by atoms with Crippen LogP contribution in [0.2, 0.25) is 0 Å². The maximum Gasteiger partial charge on any atom is 0.214 e. The van der Waals surface area contributed by atoms with E-state index in [0.29, 0.717) is 18.2 Å². The van der Waals surface area contributed by atoms with Gasteiger partial charge in [-0.2, -0.15) is 16.1 Å². The number of nitrogens with zero attached hydrogens (tertiary/aromatic N) is 1. The van der Waals surface area contributed by atoms with Crippen molar-refractivity contribution in [3.8, 4) is 0 Å². The second-order valence-electron chi connectivity index (χ2n) is 4.45. The summed E-state index contributed by atoms with van der Waals surface area (Å²) in [6.07, 6.45) is 0.695. The van der Waals surface area contributed by atoms with Crippen molar-refractivity contribution < 1.29 is 8.42 Å². The zero-order chi connectivity index (χ0) is 12.9. The minimum atomic E-state index is -3.07. The Morgan fingerprint density at radius 3 is 2.76 bits per heavy atom. The Balaban J connectivity index is 2.51. The maximum atomic E-state index is 12.2. The summed E-state index contributed by atoms with van der Waals surface area (Å²) >= 11 is 1.86. The van der Waals surface area contributed by atoms with E-state index in [9.17, 15) is 8.42 Å². The van der Waals surface area contributed by atoms with Crippen LogP contribution >= 0.6 is 11.8 Å². The van der Waals surface area contributed by atoms with Crippen molar-refractivity contribution in [2.24, 2.45) is 0 Å². The highest BCUT2D eigenvalue weighted by Gasteiger charge is 2.33. The molecule has 6 heteroatoms. The van der Waals surface area contributed by atoms with Crippen LogP contribution < -0.4 is 5.32 Å². The summed E-state index contributed by atoms with van der Waals surface area (Å²) in [4.78, 5) is 0. The molecule has 0 aromatic heterocycles.